The second-order valence-corrected chi connectivity index (χ2v) is 10.0. The van der Waals surface area contributed by atoms with Gasteiger partial charge in [0.1, 0.15) is 12.2 Å². The first kappa shape index (κ1) is 33.7. The van der Waals surface area contributed by atoms with Gasteiger partial charge >= 0.3 is 11.9 Å². The normalized spacial score (nSPS) is 13.6. The molecular weight excluding hydrogens is 544 g/mol. The lowest BCUT2D eigenvalue weighted by Gasteiger charge is -2.23. The number of phenolic OH excluding ortho intramolecular Hbond substituents is 4. The highest BCUT2D eigenvalue weighted by atomic mass is 16.6. The van der Waals surface area contributed by atoms with E-state index in [4.69, 9.17) is 20.0 Å². The fourth-order valence-corrected chi connectivity index (χ4v) is 4.09. The highest BCUT2D eigenvalue weighted by molar-refractivity contribution is 6.29. The summed E-state index contributed by atoms with van der Waals surface area (Å²) in [6.07, 6.45) is 1.42. The molecule has 2 rings (SSSR count). The summed E-state index contributed by atoms with van der Waals surface area (Å²) < 4.78 is 11.0. The molecule has 0 radical (unpaired) electrons. The second kappa shape index (κ2) is 17.3. The Morgan fingerprint density at radius 1 is 0.714 bits per heavy atom. The summed E-state index contributed by atoms with van der Waals surface area (Å²) in [6.45, 7) is 3.91. The van der Waals surface area contributed by atoms with Gasteiger partial charge < -0.3 is 40.5 Å². The van der Waals surface area contributed by atoms with E-state index in [-0.39, 0.29) is 36.7 Å². The molecule has 2 aromatic rings. The van der Waals surface area contributed by atoms with Gasteiger partial charge in [-0.05, 0) is 74.9 Å². The number of nitrogens with one attached hydrogen (secondary N) is 2. The second-order valence-electron chi connectivity index (χ2n) is 10.0. The number of hydrogen-bond acceptors (Lipinski definition) is 12. The number of aromatic hydroxyl groups is 4. The van der Waals surface area contributed by atoms with E-state index in [1.807, 2.05) is 13.8 Å². The van der Waals surface area contributed by atoms with Gasteiger partial charge in [0.25, 0.3) is 0 Å². The largest absolute Gasteiger partial charge is 0.504 e. The number of ether oxygens (including phenoxy) is 2. The van der Waals surface area contributed by atoms with Crippen molar-refractivity contribution in [3.63, 3.8) is 0 Å². The minimum atomic E-state index is -1.30. The van der Waals surface area contributed by atoms with Crippen LogP contribution in [0.5, 0.6) is 23.0 Å². The fourth-order valence-electron chi connectivity index (χ4n) is 4.09. The van der Waals surface area contributed by atoms with Crippen molar-refractivity contribution in [2.45, 2.75) is 76.7 Å². The van der Waals surface area contributed by atoms with Gasteiger partial charge in [-0.1, -0.05) is 12.1 Å². The Hall–Kier alpha value is -4.52. The van der Waals surface area contributed by atoms with E-state index in [9.17, 15) is 30.0 Å². The molecule has 12 nitrogen and oxygen atoms in total. The zero-order valence-electron chi connectivity index (χ0n) is 23.7. The predicted octanol–water partition coefficient (Wildman–Crippen LogP) is 3.72. The first-order valence-electron chi connectivity index (χ1n) is 13.7. The van der Waals surface area contributed by atoms with Crippen LogP contribution in [-0.4, -0.2) is 57.5 Å². The maximum Gasteiger partial charge on any atom is 0.418 e. The van der Waals surface area contributed by atoms with Crippen molar-refractivity contribution in [1.29, 1.82) is 10.5 Å². The number of nitrogens with zero attached hydrogens (tertiary/aromatic N) is 2. The molecule has 0 bridgehead atoms. The summed E-state index contributed by atoms with van der Waals surface area (Å²) in [5, 5.41) is 63.2. The molecule has 42 heavy (non-hydrogen) atoms. The van der Waals surface area contributed by atoms with E-state index < -0.39 is 35.6 Å². The summed E-state index contributed by atoms with van der Waals surface area (Å²) in [5.41, 5.74) is 0.632. The van der Waals surface area contributed by atoms with Crippen LogP contribution in [0, 0.1) is 22.7 Å². The van der Waals surface area contributed by atoms with Crippen LogP contribution in [0.2, 0.25) is 0 Å². The molecule has 0 aliphatic carbocycles. The van der Waals surface area contributed by atoms with Gasteiger partial charge in [0.05, 0.1) is 12.1 Å². The van der Waals surface area contributed by atoms with Crippen LogP contribution < -0.4 is 10.6 Å². The van der Waals surface area contributed by atoms with E-state index in [2.05, 4.69) is 22.8 Å². The molecule has 0 aromatic heterocycles. The minimum Gasteiger partial charge on any atom is -0.504 e. The smallest absolute Gasteiger partial charge is 0.418 e. The predicted molar refractivity (Wildman–Crippen MR) is 151 cm³/mol. The van der Waals surface area contributed by atoms with Gasteiger partial charge in [0.2, 0.25) is 0 Å². The Labute approximate surface area is 245 Å². The molecule has 4 atom stereocenters. The van der Waals surface area contributed by atoms with E-state index >= 15 is 0 Å². The maximum atomic E-state index is 12.9. The third kappa shape index (κ3) is 11.2. The topological polar surface area (TPSA) is 205 Å². The number of benzene rings is 2. The van der Waals surface area contributed by atoms with Crippen LogP contribution in [0.15, 0.2) is 36.4 Å². The van der Waals surface area contributed by atoms with E-state index in [0.717, 1.165) is 0 Å². The van der Waals surface area contributed by atoms with Gasteiger partial charge in [-0.25, -0.2) is 9.59 Å². The lowest BCUT2D eigenvalue weighted by molar-refractivity contribution is -0.174. The summed E-state index contributed by atoms with van der Waals surface area (Å²) >= 11 is 0. The molecule has 226 valence electrons. The molecule has 0 aliphatic heterocycles. The first-order valence-corrected chi connectivity index (χ1v) is 13.7. The Bertz CT molecular complexity index is 1180. The number of unbranched alkanes of at least 4 members (excludes halogenated alkanes) is 2. The van der Waals surface area contributed by atoms with Crippen molar-refractivity contribution < 1.29 is 39.5 Å². The Balaban J connectivity index is 2.17. The number of phenols is 4. The van der Waals surface area contributed by atoms with Crippen LogP contribution in [-0.2, 0) is 19.1 Å². The van der Waals surface area contributed by atoms with Gasteiger partial charge in [0, 0.05) is 38.0 Å². The third-order valence-corrected chi connectivity index (χ3v) is 6.56. The first-order chi connectivity index (χ1) is 20.0. The molecule has 0 saturated heterocycles. The average Bonchev–Trinajstić information content (AvgIpc) is 2.96. The van der Waals surface area contributed by atoms with Crippen molar-refractivity contribution in [3.05, 3.63) is 47.5 Å². The molecule has 2 aromatic carbocycles. The van der Waals surface area contributed by atoms with Crippen molar-refractivity contribution in [3.8, 4) is 35.1 Å². The van der Waals surface area contributed by atoms with Crippen LogP contribution in [0.3, 0.4) is 0 Å². The van der Waals surface area contributed by atoms with E-state index in [1.54, 1.807) is 0 Å². The van der Waals surface area contributed by atoms with Gasteiger partial charge in [-0.15, -0.1) is 0 Å². The van der Waals surface area contributed by atoms with Crippen LogP contribution in [0.25, 0.3) is 0 Å². The van der Waals surface area contributed by atoms with Gasteiger partial charge in [-0.3, -0.25) is 0 Å². The van der Waals surface area contributed by atoms with Crippen LogP contribution >= 0.6 is 0 Å². The van der Waals surface area contributed by atoms with Gasteiger partial charge in [0.15, 0.2) is 23.0 Å². The number of carbonyl (C=O) groups is 2. The summed E-state index contributed by atoms with van der Waals surface area (Å²) in [4.78, 5) is 25.8. The summed E-state index contributed by atoms with van der Waals surface area (Å²) in [6, 6.07) is 11.9. The van der Waals surface area contributed by atoms with Crippen molar-refractivity contribution >= 4 is 11.9 Å². The Kier molecular flexibility index (Phi) is 13.9. The molecule has 0 amide bonds. The van der Waals surface area contributed by atoms with Crippen molar-refractivity contribution in [2.75, 3.05) is 13.1 Å². The molecule has 0 saturated carbocycles. The highest BCUT2D eigenvalue weighted by Crippen LogP contribution is 2.31. The molecular formula is C30H38N4O8. The lowest BCUT2D eigenvalue weighted by Crippen LogP contribution is -2.35. The standard InChI is InChI=1S/C30H38N4O8/c1-19(7-3-5-13-31)33-17-27(21-9-11-23(35)25(37)15-21)41-29(39)30(40)42-28(18-34-20(2)8-4-6-14-32)22-10-12-24(36)26(38)16-22/h9-12,15-16,19-20,27-28,33-38H,3-8,17-18H2,1-2H3/t19?,20?,27-,28-/m0/s1. The number of esters is 2. The maximum absolute atomic E-state index is 12.9. The Morgan fingerprint density at radius 2 is 1.10 bits per heavy atom. The molecule has 0 aliphatic rings. The molecule has 6 N–H and O–H groups in total. The highest BCUT2D eigenvalue weighted by Gasteiger charge is 2.28. The number of hydrogen-bond donors (Lipinski definition) is 6. The van der Waals surface area contributed by atoms with Crippen molar-refractivity contribution in [2.24, 2.45) is 0 Å². The number of nitriles is 2. The molecule has 0 heterocycles. The molecule has 0 fully saturated rings. The van der Waals surface area contributed by atoms with Crippen LogP contribution in [0.4, 0.5) is 0 Å². The monoisotopic (exact) mass is 582 g/mol. The minimum absolute atomic E-state index is 0.0509. The Morgan fingerprint density at radius 3 is 1.43 bits per heavy atom. The molecule has 0 spiro atoms. The number of carbonyl (C=O) groups excluding carboxylic acids is 2. The SMILES string of the molecule is CC(CCCC#N)NC[C@H](OC(=O)C(=O)O[C@@H](CNC(C)CCCC#N)c1ccc(O)c(O)c1)c1ccc(O)c(O)c1. The fraction of sp³-hybridized carbons (Fsp3) is 0.467. The lowest BCUT2D eigenvalue weighted by atomic mass is 10.1. The molecule has 12 heteroatoms. The number of rotatable bonds is 16. The van der Waals surface area contributed by atoms with E-state index in [0.29, 0.717) is 49.7 Å². The van der Waals surface area contributed by atoms with Crippen molar-refractivity contribution in [1.82, 2.24) is 10.6 Å². The van der Waals surface area contributed by atoms with Crippen LogP contribution in [0.1, 0.15) is 75.7 Å². The zero-order chi connectivity index (χ0) is 31.1. The average molecular weight is 583 g/mol. The molecule has 2 unspecified atom stereocenters. The van der Waals surface area contributed by atoms with E-state index in [1.165, 1.54) is 36.4 Å². The van der Waals surface area contributed by atoms with Gasteiger partial charge in [-0.2, -0.15) is 10.5 Å². The quantitative estimate of drug-likeness (QED) is 0.0725. The summed E-state index contributed by atoms with van der Waals surface area (Å²) in [5.74, 6) is -4.20. The third-order valence-electron chi connectivity index (χ3n) is 6.56. The summed E-state index contributed by atoms with van der Waals surface area (Å²) in [7, 11) is 0. The zero-order valence-corrected chi connectivity index (χ0v) is 23.7.